The van der Waals surface area contributed by atoms with Crippen LogP contribution in [0, 0.1) is 0 Å². The highest BCUT2D eigenvalue weighted by atomic mass is 32.2. The molecule has 0 aliphatic rings. The summed E-state index contributed by atoms with van der Waals surface area (Å²) in [4.78, 5) is 10.7. The van der Waals surface area contributed by atoms with Gasteiger partial charge < -0.3 is 4.42 Å². The molecular formula is C15H20O5S. The molecule has 0 radical (unpaired) electrons. The topological polar surface area (TPSA) is 73.6 Å². The molecule has 1 heterocycles. The lowest BCUT2D eigenvalue weighted by atomic mass is 10.2. The van der Waals surface area contributed by atoms with E-state index >= 15 is 0 Å². The molecule has 6 heteroatoms. The first-order valence-electron chi connectivity index (χ1n) is 6.75. The second kappa shape index (κ2) is 8.59. The van der Waals surface area contributed by atoms with E-state index in [1.54, 1.807) is 12.1 Å². The normalized spacial score (nSPS) is 11.0. The zero-order valence-electron chi connectivity index (χ0n) is 12.2. The predicted octanol–water partition coefficient (Wildman–Crippen LogP) is 2.95. The van der Waals surface area contributed by atoms with Crippen LogP contribution in [-0.2, 0) is 14.3 Å². The van der Waals surface area contributed by atoms with E-state index in [2.05, 4.69) is 11.1 Å². The molecule has 0 fully saturated rings. The Hall–Kier alpha value is -1.66. The zero-order valence-corrected chi connectivity index (χ0v) is 13.1. The van der Waals surface area contributed by atoms with Crippen molar-refractivity contribution in [1.29, 1.82) is 0 Å². The van der Waals surface area contributed by atoms with E-state index in [0.717, 1.165) is 30.9 Å². The highest BCUT2D eigenvalue weighted by Crippen LogP contribution is 2.08. The highest BCUT2D eigenvalue weighted by molar-refractivity contribution is 7.85. The predicted molar refractivity (Wildman–Crippen MR) is 82.8 cm³/mol. The Labute approximate surface area is 124 Å². The van der Waals surface area contributed by atoms with Crippen molar-refractivity contribution in [2.75, 3.05) is 12.9 Å². The highest BCUT2D eigenvalue weighted by Gasteiger charge is 1.98. The quantitative estimate of drug-likeness (QED) is 0.482. The van der Waals surface area contributed by atoms with E-state index in [9.17, 15) is 13.2 Å². The lowest BCUT2D eigenvalue weighted by Gasteiger charge is -1.98. The summed E-state index contributed by atoms with van der Waals surface area (Å²) in [5, 5.41) is 0.951. The number of hydrogen-bond acceptors (Lipinski definition) is 5. The Morgan fingerprint density at radius 2 is 1.81 bits per heavy atom. The summed E-state index contributed by atoms with van der Waals surface area (Å²) in [6, 6.07) is 10.6. The van der Waals surface area contributed by atoms with Gasteiger partial charge in [0.15, 0.2) is 0 Å². The Morgan fingerprint density at radius 1 is 1.10 bits per heavy atom. The van der Waals surface area contributed by atoms with Gasteiger partial charge in [0, 0.05) is 11.5 Å². The molecule has 0 aliphatic carbocycles. The summed E-state index contributed by atoms with van der Waals surface area (Å²) in [5.41, 5.74) is 0.337. The maximum Gasteiger partial charge on any atom is 0.336 e. The van der Waals surface area contributed by atoms with Gasteiger partial charge in [-0.2, -0.15) is 8.42 Å². The average Bonchev–Trinajstić information content (AvgIpc) is 2.43. The summed E-state index contributed by atoms with van der Waals surface area (Å²) < 4.78 is 30.2. The zero-order chi connectivity index (χ0) is 15.7. The molecule has 0 aliphatic heterocycles. The van der Waals surface area contributed by atoms with Crippen LogP contribution in [-0.4, -0.2) is 21.3 Å². The Balaban J connectivity index is 0.000000212. The molecular weight excluding hydrogens is 292 g/mol. The van der Waals surface area contributed by atoms with Crippen molar-refractivity contribution >= 4 is 21.1 Å². The molecule has 0 saturated carbocycles. The van der Waals surface area contributed by atoms with E-state index in [4.69, 9.17) is 4.42 Å². The van der Waals surface area contributed by atoms with Crippen molar-refractivity contribution in [3.8, 4) is 0 Å². The molecule has 2 rings (SSSR count). The number of para-hydroxylation sites is 1. The number of rotatable bonds is 5. The molecule has 0 amide bonds. The minimum absolute atomic E-state index is 0.302. The molecule has 5 nitrogen and oxygen atoms in total. The smallest absolute Gasteiger partial charge is 0.336 e. The van der Waals surface area contributed by atoms with E-state index in [1.165, 1.54) is 6.07 Å². The number of unbranched alkanes of at least 4 members (excludes halogenated alkanes) is 2. The second-order valence-corrected chi connectivity index (χ2v) is 6.17. The number of hydrogen-bond donors (Lipinski definition) is 0. The van der Waals surface area contributed by atoms with Crippen molar-refractivity contribution in [3.63, 3.8) is 0 Å². The van der Waals surface area contributed by atoms with Crippen LogP contribution >= 0.6 is 0 Å². The van der Waals surface area contributed by atoms with Gasteiger partial charge in [-0.25, -0.2) is 4.79 Å². The van der Waals surface area contributed by atoms with Crippen molar-refractivity contribution in [3.05, 3.63) is 46.8 Å². The number of fused-ring (bicyclic) bond motifs is 1. The van der Waals surface area contributed by atoms with Crippen molar-refractivity contribution in [1.82, 2.24) is 0 Å². The van der Waals surface area contributed by atoms with Crippen LogP contribution < -0.4 is 5.63 Å². The van der Waals surface area contributed by atoms with Crippen LogP contribution in [0.2, 0.25) is 0 Å². The largest absolute Gasteiger partial charge is 0.423 e. The van der Waals surface area contributed by atoms with Gasteiger partial charge in [-0.3, -0.25) is 4.18 Å². The summed E-state index contributed by atoms with van der Waals surface area (Å²) in [6.45, 7) is 2.38. The van der Waals surface area contributed by atoms with Crippen LogP contribution in [0.5, 0.6) is 0 Å². The number of benzene rings is 1. The molecule has 0 saturated heterocycles. The maximum atomic E-state index is 10.7. The van der Waals surface area contributed by atoms with Gasteiger partial charge in [-0.15, -0.1) is 0 Å². The molecule has 0 spiro atoms. The van der Waals surface area contributed by atoms with Gasteiger partial charge in [0.25, 0.3) is 10.1 Å². The Bertz CT molecular complexity index is 703. The molecule has 21 heavy (non-hydrogen) atoms. The van der Waals surface area contributed by atoms with Crippen LogP contribution in [0.25, 0.3) is 11.0 Å². The third-order valence-corrected chi connectivity index (χ3v) is 3.17. The van der Waals surface area contributed by atoms with Gasteiger partial charge in [-0.05, 0) is 18.6 Å². The SMILES string of the molecule is CCCCCOS(C)(=O)=O.O=c1ccc2ccccc2o1. The molecule has 2 aromatic rings. The van der Waals surface area contributed by atoms with E-state index in [1.807, 2.05) is 18.2 Å². The summed E-state index contributed by atoms with van der Waals surface area (Å²) in [7, 11) is -3.20. The fourth-order valence-electron chi connectivity index (χ4n) is 1.57. The minimum atomic E-state index is -3.20. The Kier molecular flexibility index (Phi) is 7.11. The standard InChI is InChI=1S/C9H6O2.C6H14O3S/c10-9-6-5-7-3-1-2-4-8(7)11-9;1-3-4-5-6-9-10(2,7)8/h1-6H;3-6H2,1-2H3. The summed E-state index contributed by atoms with van der Waals surface area (Å²) in [5.74, 6) is 0. The third-order valence-electron chi connectivity index (χ3n) is 2.57. The first-order valence-corrected chi connectivity index (χ1v) is 8.57. The Morgan fingerprint density at radius 3 is 2.48 bits per heavy atom. The maximum absolute atomic E-state index is 10.7. The van der Waals surface area contributed by atoms with Gasteiger partial charge in [-0.1, -0.05) is 38.0 Å². The van der Waals surface area contributed by atoms with Gasteiger partial charge in [0.1, 0.15) is 5.58 Å². The van der Waals surface area contributed by atoms with Crippen LogP contribution in [0.15, 0.2) is 45.6 Å². The van der Waals surface area contributed by atoms with Crippen LogP contribution in [0.3, 0.4) is 0 Å². The van der Waals surface area contributed by atoms with Crippen molar-refractivity contribution in [2.45, 2.75) is 26.2 Å². The van der Waals surface area contributed by atoms with Crippen LogP contribution in [0.1, 0.15) is 26.2 Å². The molecule has 1 aromatic heterocycles. The van der Waals surface area contributed by atoms with Gasteiger partial charge in [0.2, 0.25) is 0 Å². The van der Waals surface area contributed by atoms with E-state index in [-0.39, 0.29) is 5.63 Å². The van der Waals surface area contributed by atoms with Gasteiger partial charge in [0.05, 0.1) is 12.9 Å². The monoisotopic (exact) mass is 312 g/mol. The second-order valence-electron chi connectivity index (χ2n) is 4.53. The third kappa shape index (κ3) is 7.63. The average molecular weight is 312 g/mol. The molecule has 0 atom stereocenters. The van der Waals surface area contributed by atoms with E-state index in [0.29, 0.717) is 12.2 Å². The molecule has 0 N–H and O–H groups in total. The first kappa shape index (κ1) is 17.4. The minimum Gasteiger partial charge on any atom is -0.423 e. The van der Waals surface area contributed by atoms with E-state index < -0.39 is 10.1 Å². The molecule has 1 aromatic carbocycles. The first-order chi connectivity index (χ1) is 9.92. The van der Waals surface area contributed by atoms with Crippen LogP contribution in [0.4, 0.5) is 0 Å². The molecule has 116 valence electrons. The summed E-state index contributed by atoms with van der Waals surface area (Å²) in [6.07, 6.45) is 3.99. The fraction of sp³-hybridized carbons (Fsp3) is 0.400. The fourth-order valence-corrected chi connectivity index (χ4v) is 1.99. The lowest BCUT2D eigenvalue weighted by Crippen LogP contribution is -2.03. The van der Waals surface area contributed by atoms with Crippen molar-refractivity contribution < 1.29 is 17.0 Å². The lowest BCUT2D eigenvalue weighted by molar-refractivity contribution is 0.311. The molecule has 0 bridgehead atoms. The van der Waals surface area contributed by atoms with Gasteiger partial charge >= 0.3 is 5.63 Å². The summed E-state index contributed by atoms with van der Waals surface area (Å²) >= 11 is 0. The molecule has 0 unspecified atom stereocenters. The van der Waals surface area contributed by atoms with Crippen molar-refractivity contribution in [2.24, 2.45) is 0 Å².